The molecule has 0 fully saturated rings. The molecule has 1 rings (SSSR count). The molecule has 152 valence electrons. The second-order valence-corrected chi connectivity index (χ2v) is 26.5. The fraction of sp³-hybridized carbons (Fsp3) is 0.700. The van der Waals surface area contributed by atoms with Crippen LogP contribution in [0.15, 0.2) is 18.2 Å². The Hall–Kier alpha value is -0.0931. The average molecular weight is 465 g/mol. The Morgan fingerprint density at radius 1 is 1.00 bits per heavy atom. The van der Waals surface area contributed by atoms with Gasteiger partial charge in [0.15, 0.2) is 0 Å². The van der Waals surface area contributed by atoms with Crippen LogP contribution in [-0.4, -0.2) is 47.1 Å². The van der Waals surface area contributed by atoms with Crippen LogP contribution in [0, 0.1) is 0 Å². The Labute approximate surface area is 169 Å². The van der Waals surface area contributed by atoms with Gasteiger partial charge in [0.1, 0.15) is 0 Å². The number of phenols is 1. The van der Waals surface area contributed by atoms with Crippen molar-refractivity contribution in [3.8, 4) is 11.5 Å². The summed E-state index contributed by atoms with van der Waals surface area (Å²) in [5.41, 5.74) is 0. The molecule has 0 saturated heterocycles. The van der Waals surface area contributed by atoms with Crippen molar-refractivity contribution in [1.29, 1.82) is 0 Å². The summed E-state index contributed by atoms with van der Waals surface area (Å²) in [5.74, 6) is 1.20. The maximum absolute atomic E-state index is 9.83. The van der Waals surface area contributed by atoms with Gasteiger partial charge in [0.25, 0.3) is 0 Å². The second kappa shape index (κ2) is 9.91. The van der Waals surface area contributed by atoms with Crippen LogP contribution in [0.25, 0.3) is 0 Å². The molecule has 0 aliphatic carbocycles. The summed E-state index contributed by atoms with van der Waals surface area (Å²) in [6.07, 6.45) is 7.46. The van der Waals surface area contributed by atoms with Gasteiger partial charge in [-0.05, 0) is 13.1 Å². The van der Waals surface area contributed by atoms with E-state index in [1.165, 1.54) is 38.1 Å². The summed E-state index contributed by atoms with van der Waals surface area (Å²) >= 11 is 3.89. The van der Waals surface area contributed by atoms with Crippen molar-refractivity contribution in [2.24, 2.45) is 0 Å². The van der Waals surface area contributed by atoms with Gasteiger partial charge in [-0.3, -0.25) is 0 Å². The molecule has 0 aliphatic rings. The molecule has 1 N–H and O–H groups in total. The first-order valence-electron chi connectivity index (χ1n) is 9.65. The van der Waals surface area contributed by atoms with E-state index in [9.17, 15) is 5.11 Å². The van der Waals surface area contributed by atoms with Gasteiger partial charge in [-0.1, -0.05) is 0 Å². The molecular formula is C20H38BrO3PSi. The van der Waals surface area contributed by atoms with E-state index >= 15 is 0 Å². The monoisotopic (exact) mass is 464 g/mol. The number of hydrogen-bond donors (Lipinski definition) is 1. The number of hydrogen-bond acceptors (Lipinski definition) is 3. The molecule has 1 aromatic carbocycles. The van der Waals surface area contributed by atoms with Gasteiger partial charge < -0.3 is 4.43 Å². The van der Waals surface area contributed by atoms with E-state index in [4.69, 9.17) is 9.16 Å². The molecule has 3 nitrogen and oxygen atoms in total. The Morgan fingerprint density at radius 2 is 1.58 bits per heavy atom. The predicted molar refractivity (Wildman–Crippen MR) is 124 cm³/mol. The molecule has 26 heavy (non-hydrogen) atoms. The van der Waals surface area contributed by atoms with Crippen LogP contribution in [0.1, 0.15) is 38.5 Å². The third-order valence-corrected chi connectivity index (χ3v) is 10.5. The van der Waals surface area contributed by atoms with Gasteiger partial charge in [0.05, 0.1) is 0 Å². The summed E-state index contributed by atoms with van der Waals surface area (Å²) in [6, 6.07) is 6.70. The van der Waals surface area contributed by atoms with Crippen LogP contribution in [-0.2, 0) is 4.43 Å². The number of halogens is 1. The third-order valence-electron chi connectivity index (χ3n) is 4.74. The van der Waals surface area contributed by atoms with Gasteiger partial charge in [-0.2, -0.15) is 0 Å². The second-order valence-electron chi connectivity index (χ2n) is 8.94. The molecule has 0 aliphatic heterocycles. The summed E-state index contributed by atoms with van der Waals surface area (Å²) < 4.78 is 11.6. The van der Waals surface area contributed by atoms with Gasteiger partial charge in [-0.25, -0.2) is 0 Å². The zero-order valence-corrected chi connectivity index (χ0v) is 21.0. The maximum atomic E-state index is 9.83. The van der Waals surface area contributed by atoms with Gasteiger partial charge in [0, 0.05) is 7.11 Å². The molecule has 0 radical (unpaired) electrons. The number of aromatic hydroxyl groups is 1. The summed E-state index contributed by atoms with van der Waals surface area (Å²) in [5, 5.41) is 8.76. The van der Waals surface area contributed by atoms with Crippen molar-refractivity contribution in [3.05, 3.63) is 18.2 Å². The van der Waals surface area contributed by atoms with Crippen molar-refractivity contribution >= 4 is 34.4 Å². The molecular weight excluding hydrogens is 427 g/mol. The van der Waals surface area contributed by atoms with Crippen molar-refractivity contribution in [1.82, 2.24) is 0 Å². The quantitative estimate of drug-likeness (QED) is 0.222. The Morgan fingerprint density at radius 3 is 2.15 bits per heavy atom. The molecule has 6 heteroatoms. The Balaban J connectivity index is 2.29. The van der Waals surface area contributed by atoms with Crippen molar-refractivity contribution in [2.45, 2.75) is 57.7 Å². The Bertz CT molecular complexity index is 561. The zero-order valence-electron chi connectivity index (χ0n) is 17.5. The molecule has 0 bridgehead atoms. The van der Waals surface area contributed by atoms with Gasteiger partial charge in [0.2, 0.25) is 0 Å². The van der Waals surface area contributed by atoms with Crippen LogP contribution < -0.4 is 10.0 Å². The van der Waals surface area contributed by atoms with Gasteiger partial charge >= 0.3 is 145 Å². The molecule has 0 amide bonds. The normalized spacial score (nSPS) is 14.0. The number of unbranched alkanes of at least 4 members (excludes halogenated alkanes) is 5. The van der Waals surface area contributed by atoms with Crippen molar-refractivity contribution in [2.75, 3.05) is 33.7 Å². The number of rotatable bonds is 12. The van der Waals surface area contributed by atoms with E-state index in [0.717, 1.165) is 24.1 Å². The molecule has 0 heterocycles. The van der Waals surface area contributed by atoms with Crippen molar-refractivity contribution < 1.29 is 14.3 Å². The fourth-order valence-corrected chi connectivity index (χ4v) is 6.45. The van der Waals surface area contributed by atoms with E-state index in [2.05, 4.69) is 48.6 Å². The minimum atomic E-state index is -2.17. The Kier molecular flexibility index (Phi) is 9.12. The summed E-state index contributed by atoms with van der Waals surface area (Å²) in [6.45, 7) is 11.9. The standard InChI is InChI=1S/C20H38BrO3PSi/c1-23-26(5,6)16-12-10-8-7-9-11-15-24-19-14-13-18(22)17-20(19)25(2,3,4)21/h13-14,17,22H,7-12,15-16H2,1-6H3. The summed E-state index contributed by atoms with van der Waals surface area (Å²) in [4.78, 5) is 0. The van der Waals surface area contributed by atoms with Gasteiger partial charge in [-0.15, -0.1) is 0 Å². The molecule has 0 atom stereocenters. The van der Waals surface area contributed by atoms with Crippen LogP contribution in [0.5, 0.6) is 11.5 Å². The van der Waals surface area contributed by atoms with Crippen molar-refractivity contribution in [3.63, 3.8) is 0 Å². The van der Waals surface area contributed by atoms with E-state index in [1.807, 2.05) is 19.2 Å². The minimum absolute atomic E-state index is 0.297. The first kappa shape index (κ1) is 23.9. The molecule has 0 spiro atoms. The van der Waals surface area contributed by atoms with E-state index in [-0.39, 0.29) is 0 Å². The van der Waals surface area contributed by atoms with Crippen LogP contribution in [0.2, 0.25) is 19.1 Å². The van der Waals surface area contributed by atoms with Crippen LogP contribution in [0.4, 0.5) is 0 Å². The van der Waals surface area contributed by atoms with E-state index in [1.54, 1.807) is 6.07 Å². The molecule has 1 aromatic rings. The molecule has 0 saturated carbocycles. The van der Waals surface area contributed by atoms with E-state index in [0.29, 0.717) is 5.75 Å². The first-order chi connectivity index (χ1) is 11.9. The average Bonchev–Trinajstić information content (AvgIpc) is 2.52. The zero-order chi connectivity index (χ0) is 19.9. The van der Waals surface area contributed by atoms with E-state index < -0.39 is 13.6 Å². The number of phenolic OH excluding ortho intramolecular Hbond substituents is 1. The van der Waals surface area contributed by atoms with Crippen LogP contribution in [0.3, 0.4) is 0 Å². The molecule has 0 unspecified atom stereocenters. The summed E-state index contributed by atoms with van der Waals surface area (Å²) in [7, 11) is 0.487. The first-order valence-corrected chi connectivity index (χ1v) is 18.4. The third kappa shape index (κ3) is 9.21. The molecule has 0 aromatic heterocycles. The SMILES string of the molecule is CO[Si](C)(C)CCCCCCCCOc1ccc(O)cc1P(C)(C)(C)Br. The number of benzene rings is 1. The predicted octanol–water partition coefficient (Wildman–Crippen LogP) is 6.34. The topological polar surface area (TPSA) is 38.7 Å². The number of ether oxygens (including phenoxy) is 1. The van der Waals surface area contributed by atoms with Crippen LogP contribution >= 0.6 is 20.8 Å². The fourth-order valence-electron chi connectivity index (χ4n) is 2.86.